The Morgan fingerprint density at radius 1 is 0.969 bits per heavy atom. The second-order valence-electron chi connectivity index (χ2n) is 7.41. The minimum Gasteiger partial charge on any atom is -0.507 e. The molecule has 0 radical (unpaired) electrons. The van der Waals surface area contributed by atoms with Gasteiger partial charge >= 0.3 is 0 Å². The summed E-state index contributed by atoms with van der Waals surface area (Å²) in [6.45, 7) is 2.04. The molecule has 0 spiro atoms. The standard InChI is InChI=1S/C22H22N6O.3ClH/c23-22-19(20-9-18-14(10-25-20)2-1-3-21(18)29)8-15(11-26-22)16-12-27-28(13-16)17-4-6-24-7-5-17;;;/h1-3,8-13,17,24,29H,4-7H2,(H2,23,26);3*1H. The van der Waals surface area contributed by atoms with Gasteiger partial charge in [-0.1, -0.05) is 12.1 Å². The second-order valence-corrected chi connectivity index (χ2v) is 7.41. The minimum atomic E-state index is 0. The van der Waals surface area contributed by atoms with Crippen LogP contribution in [0.5, 0.6) is 5.75 Å². The van der Waals surface area contributed by atoms with E-state index in [0.29, 0.717) is 17.6 Å². The molecule has 1 saturated heterocycles. The lowest BCUT2D eigenvalue weighted by Crippen LogP contribution is -2.29. The Morgan fingerprint density at radius 3 is 2.53 bits per heavy atom. The Labute approximate surface area is 204 Å². The van der Waals surface area contributed by atoms with Gasteiger partial charge in [-0.25, -0.2) is 4.98 Å². The lowest BCUT2D eigenvalue weighted by molar-refractivity contribution is 0.343. The first-order valence-electron chi connectivity index (χ1n) is 9.78. The molecule has 0 saturated carbocycles. The van der Waals surface area contributed by atoms with E-state index in [1.165, 1.54) is 0 Å². The number of pyridine rings is 2. The van der Waals surface area contributed by atoms with E-state index >= 15 is 0 Å². The van der Waals surface area contributed by atoms with E-state index < -0.39 is 0 Å². The summed E-state index contributed by atoms with van der Waals surface area (Å²) in [6.07, 6.45) is 9.62. The molecular weight excluding hydrogens is 471 g/mol. The maximum atomic E-state index is 10.2. The monoisotopic (exact) mass is 494 g/mol. The number of nitrogens with zero attached hydrogens (tertiary/aromatic N) is 4. The number of halogens is 3. The summed E-state index contributed by atoms with van der Waals surface area (Å²) in [5.41, 5.74) is 9.52. The number of hydrogen-bond acceptors (Lipinski definition) is 6. The molecule has 7 nitrogen and oxygen atoms in total. The van der Waals surface area contributed by atoms with Gasteiger partial charge in [-0.3, -0.25) is 9.67 Å². The number of fused-ring (bicyclic) bond motifs is 1. The van der Waals surface area contributed by atoms with Gasteiger partial charge < -0.3 is 16.2 Å². The van der Waals surface area contributed by atoms with Crippen molar-refractivity contribution in [2.45, 2.75) is 18.9 Å². The molecule has 0 unspecified atom stereocenters. The van der Waals surface area contributed by atoms with Gasteiger partial charge in [0.2, 0.25) is 0 Å². The van der Waals surface area contributed by atoms with Gasteiger partial charge in [-0.2, -0.15) is 5.10 Å². The van der Waals surface area contributed by atoms with Crippen LogP contribution in [-0.2, 0) is 0 Å². The molecule has 1 aliphatic rings. The number of aromatic hydroxyl groups is 1. The Kier molecular flexibility index (Phi) is 8.69. The zero-order valence-corrected chi connectivity index (χ0v) is 19.6. The van der Waals surface area contributed by atoms with E-state index in [1.807, 2.05) is 24.4 Å². The molecule has 5 rings (SSSR count). The van der Waals surface area contributed by atoms with Gasteiger partial charge in [0.05, 0.1) is 17.9 Å². The van der Waals surface area contributed by atoms with Crippen molar-refractivity contribution in [3.05, 3.63) is 55.1 Å². The Hall–Kier alpha value is -2.58. The molecule has 1 aliphatic heterocycles. The Morgan fingerprint density at radius 2 is 1.75 bits per heavy atom. The summed E-state index contributed by atoms with van der Waals surface area (Å²) in [4.78, 5) is 8.92. The van der Waals surface area contributed by atoms with Crippen LogP contribution in [0, 0.1) is 0 Å². The van der Waals surface area contributed by atoms with Crippen LogP contribution < -0.4 is 11.1 Å². The number of phenols is 1. The molecule has 10 heteroatoms. The van der Waals surface area contributed by atoms with Crippen molar-refractivity contribution in [2.24, 2.45) is 0 Å². The highest BCUT2D eigenvalue weighted by molar-refractivity contribution is 5.91. The van der Waals surface area contributed by atoms with Crippen LogP contribution in [0.1, 0.15) is 18.9 Å². The number of hydrogen-bond donors (Lipinski definition) is 3. The predicted molar refractivity (Wildman–Crippen MR) is 135 cm³/mol. The van der Waals surface area contributed by atoms with E-state index in [2.05, 4.69) is 31.3 Å². The molecule has 1 fully saturated rings. The SMILES string of the molecule is Cl.Cl.Cl.Nc1ncc(-c2cnn(C3CCNCC3)c2)cc1-c1cc2c(O)cccc2cn1. The summed E-state index contributed by atoms with van der Waals surface area (Å²) in [5.74, 6) is 0.624. The first-order chi connectivity index (χ1) is 14.2. The summed E-state index contributed by atoms with van der Waals surface area (Å²) in [6, 6.07) is 9.64. The van der Waals surface area contributed by atoms with Gasteiger partial charge in [0, 0.05) is 46.1 Å². The topological polar surface area (TPSA) is 102 Å². The number of nitrogens with two attached hydrogens (primary N) is 1. The maximum Gasteiger partial charge on any atom is 0.132 e. The number of benzene rings is 1. The quantitative estimate of drug-likeness (QED) is 0.383. The summed E-state index contributed by atoms with van der Waals surface area (Å²) < 4.78 is 2.05. The molecule has 4 N–H and O–H groups in total. The largest absolute Gasteiger partial charge is 0.507 e. The van der Waals surface area contributed by atoms with Crippen molar-refractivity contribution >= 4 is 53.8 Å². The molecule has 0 bridgehead atoms. The molecule has 0 atom stereocenters. The van der Waals surface area contributed by atoms with Gasteiger partial charge in [-0.05, 0) is 44.1 Å². The lowest BCUT2D eigenvalue weighted by Gasteiger charge is -2.22. The molecule has 1 aromatic carbocycles. The first kappa shape index (κ1) is 25.7. The average molecular weight is 496 g/mol. The van der Waals surface area contributed by atoms with Crippen LogP contribution in [0.15, 0.2) is 55.1 Å². The van der Waals surface area contributed by atoms with Crippen molar-refractivity contribution < 1.29 is 5.11 Å². The van der Waals surface area contributed by atoms with E-state index in [9.17, 15) is 5.11 Å². The van der Waals surface area contributed by atoms with Crippen LogP contribution in [0.4, 0.5) is 5.82 Å². The van der Waals surface area contributed by atoms with Gasteiger partial charge in [0.15, 0.2) is 0 Å². The van der Waals surface area contributed by atoms with E-state index in [0.717, 1.165) is 53.4 Å². The molecular formula is C22H25Cl3N6O. The molecule has 170 valence electrons. The summed E-state index contributed by atoms with van der Waals surface area (Å²) in [7, 11) is 0. The third-order valence-electron chi connectivity index (χ3n) is 5.55. The second kappa shape index (κ2) is 10.8. The van der Waals surface area contributed by atoms with Crippen molar-refractivity contribution in [2.75, 3.05) is 18.8 Å². The molecule has 0 aliphatic carbocycles. The number of nitrogens with one attached hydrogen (secondary N) is 1. The van der Waals surface area contributed by atoms with Crippen LogP contribution in [-0.4, -0.2) is 37.9 Å². The fourth-order valence-corrected chi connectivity index (χ4v) is 3.90. The van der Waals surface area contributed by atoms with Gasteiger partial charge in [0.25, 0.3) is 0 Å². The Balaban J connectivity index is 0.00000121. The van der Waals surface area contributed by atoms with Crippen molar-refractivity contribution in [1.29, 1.82) is 0 Å². The zero-order valence-electron chi connectivity index (χ0n) is 17.1. The number of rotatable bonds is 3. The van der Waals surface area contributed by atoms with Crippen LogP contribution >= 0.6 is 37.2 Å². The highest BCUT2D eigenvalue weighted by atomic mass is 35.5. The normalized spacial score (nSPS) is 13.6. The van der Waals surface area contributed by atoms with Gasteiger partial charge in [-0.15, -0.1) is 37.2 Å². The maximum absolute atomic E-state index is 10.2. The smallest absolute Gasteiger partial charge is 0.132 e. The number of piperidine rings is 1. The molecule has 3 aromatic heterocycles. The third kappa shape index (κ3) is 4.91. The number of anilines is 1. The zero-order chi connectivity index (χ0) is 19.8. The van der Waals surface area contributed by atoms with Crippen molar-refractivity contribution in [3.8, 4) is 28.1 Å². The lowest BCUT2D eigenvalue weighted by atomic mass is 10.0. The number of aromatic nitrogens is 4. The predicted octanol–water partition coefficient (Wildman–Crippen LogP) is 4.64. The minimum absolute atomic E-state index is 0. The highest BCUT2D eigenvalue weighted by Crippen LogP contribution is 2.32. The summed E-state index contributed by atoms with van der Waals surface area (Å²) in [5, 5.41) is 19.7. The van der Waals surface area contributed by atoms with E-state index in [-0.39, 0.29) is 43.0 Å². The van der Waals surface area contributed by atoms with Crippen molar-refractivity contribution in [3.63, 3.8) is 0 Å². The van der Waals surface area contributed by atoms with E-state index in [4.69, 9.17) is 5.73 Å². The van der Waals surface area contributed by atoms with Crippen molar-refractivity contribution in [1.82, 2.24) is 25.1 Å². The molecule has 4 aromatic rings. The highest BCUT2D eigenvalue weighted by Gasteiger charge is 2.17. The average Bonchev–Trinajstić information content (AvgIpc) is 3.25. The van der Waals surface area contributed by atoms with Gasteiger partial charge in [0.1, 0.15) is 11.6 Å². The first-order valence-corrected chi connectivity index (χ1v) is 9.78. The van der Waals surface area contributed by atoms with Crippen LogP contribution in [0.2, 0.25) is 0 Å². The summed E-state index contributed by atoms with van der Waals surface area (Å²) >= 11 is 0. The molecule has 4 heterocycles. The fraction of sp³-hybridized carbons (Fsp3) is 0.227. The third-order valence-corrected chi connectivity index (χ3v) is 5.55. The van der Waals surface area contributed by atoms with Crippen LogP contribution in [0.25, 0.3) is 33.2 Å². The van der Waals surface area contributed by atoms with Crippen LogP contribution in [0.3, 0.4) is 0 Å². The number of nitrogen functional groups attached to an aromatic ring is 1. The fourth-order valence-electron chi connectivity index (χ4n) is 3.90. The molecule has 0 amide bonds. The molecule has 32 heavy (non-hydrogen) atoms. The Bertz CT molecular complexity index is 1190. The number of phenolic OH excluding ortho intramolecular Hbond substituents is 1. The van der Waals surface area contributed by atoms with E-state index in [1.54, 1.807) is 24.5 Å².